The van der Waals surface area contributed by atoms with E-state index in [2.05, 4.69) is 26.6 Å². The predicted octanol–water partition coefficient (Wildman–Crippen LogP) is 3.00. The minimum atomic E-state index is -0.191. The minimum absolute atomic E-state index is 0.191. The van der Waals surface area contributed by atoms with Gasteiger partial charge in [-0.2, -0.15) is 0 Å². The lowest BCUT2D eigenvalue weighted by atomic mass is 10.1. The molecule has 0 aromatic heterocycles. The Morgan fingerprint density at radius 2 is 2.12 bits per heavy atom. The van der Waals surface area contributed by atoms with E-state index >= 15 is 0 Å². The normalized spacial score (nSPS) is 17.2. The molecule has 2 nitrogen and oxygen atoms in total. The van der Waals surface area contributed by atoms with Crippen molar-refractivity contribution in [1.82, 2.24) is 5.32 Å². The lowest BCUT2D eigenvalue weighted by molar-refractivity contribution is 0.505. The Kier molecular flexibility index (Phi) is 3.50. The summed E-state index contributed by atoms with van der Waals surface area (Å²) in [7, 11) is 1.96. The molecule has 0 bridgehead atoms. The highest BCUT2D eigenvalue weighted by Gasteiger charge is 2.41. The van der Waals surface area contributed by atoms with Crippen LogP contribution >= 0.6 is 15.9 Å². The summed E-state index contributed by atoms with van der Waals surface area (Å²) in [5.41, 5.74) is 0.917. The van der Waals surface area contributed by atoms with Gasteiger partial charge in [-0.15, -0.1) is 0 Å². The van der Waals surface area contributed by atoms with Gasteiger partial charge >= 0.3 is 0 Å². The van der Waals surface area contributed by atoms with Crippen molar-refractivity contribution in [2.75, 3.05) is 25.5 Å². The smallest absolute Gasteiger partial charge is 0.146 e. The van der Waals surface area contributed by atoms with E-state index in [1.807, 2.05) is 7.05 Å². The second kappa shape index (κ2) is 4.72. The first-order chi connectivity index (χ1) is 7.65. The molecule has 0 atom stereocenters. The summed E-state index contributed by atoms with van der Waals surface area (Å²) >= 11 is 3.34. The summed E-state index contributed by atoms with van der Waals surface area (Å²) in [5, 5.41) is 6.39. The summed E-state index contributed by atoms with van der Waals surface area (Å²) < 4.78 is 14.4. The lowest BCUT2D eigenvalue weighted by Crippen LogP contribution is -2.27. The number of halogens is 2. The molecule has 0 spiro atoms. The van der Waals surface area contributed by atoms with E-state index in [0.29, 0.717) is 11.1 Å². The first-order valence-corrected chi connectivity index (χ1v) is 6.28. The van der Waals surface area contributed by atoms with Crippen molar-refractivity contribution >= 4 is 21.6 Å². The average Bonchev–Trinajstić information content (AvgIpc) is 3.01. The van der Waals surface area contributed by atoms with Crippen LogP contribution < -0.4 is 10.6 Å². The number of hydrogen-bond acceptors (Lipinski definition) is 2. The van der Waals surface area contributed by atoms with Crippen molar-refractivity contribution in [2.24, 2.45) is 5.41 Å². The van der Waals surface area contributed by atoms with Crippen molar-refractivity contribution in [3.63, 3.8) is 0 Å². The molecular formula is C12H16BrFN2. The summed E-state index contributed by atoms with van der Waals surface area (Å²) in [6.07, 6.45) is 2.44. The van der Waals surface area contributed by atoms with Crippen LogP contribution in [0.4, 0.5) is 10.1 Å². The van der Waals surface area contributed by atoms with Crippen LogP contribution in [0.25, 0.3) is 0 Å². The molecule has 0 radical (unpaired) electrons. The van der Waals surface area contributed by atoms with E-state index in [4.69, 9.17) is 0 Å². The van der Waals surface area contributed by atoms with E-state index in [1.54, 1.807) is 12.1 Å². The van der Waals surface area contributed by atoms with Gasteiger partial charge in [0, 0.05) is 23.0 Å². The molecule has 1 aliphatic rings. The number of hydrogen-bond donors (Lipinski definition) is 2. The Morgan fingerprint density at radius 1 is 1.38 bits per heavy atom. The maximum absolute atomic E-state index is 13.5. The molecule has 88 valence electrons. The van der Waals surface area contributed by atoms with Gasteiger partial charge in [0.05, 0.1) is 5.69 Å². The number of benzene rings is 1. The van der Waals surface area contributed by atoms with Crippen molar-refractivity contribution in [3.05, 3.63) is 28.5 Å². The molecule has 4 heteroatoms. The highest BCUT2D eigenvalue weighted by molar-refractivity contribution is 9.10. The molecule has 0 heterocycles. The fourth-order valence-corrected chi connectivity index (χ4v) is 2.24. The third-order valence-electron chi connectivity index (χ3n) is 3.09. The first-order valence-electron chi connectivity index (χ1n) is 5.49. The van der Waals surface area contributed by atoms with Gasteiger partial charge in [-0.1, -0.05) is 15.9 Å². The zero-order chi connectivity index (χ0) is 11.6. The van der Waals surface area contributed by atoms with Crippen LogP contribution in [0.3, 0.4) is 0 Å². The van der Waals surface area contributed by atoms with Crippen LogP contribution in [-0.2, 0) is 0 Å². The highest BCUT2D eigenvalue weighted by atomic mass is 79.9. The van der Waals surface area contributed by atoms with Crippen LogP contribution in [0.1, 0.15) is 12.8 Å². The molecule has 0 aliphatic heterocycles. The molecule has 16 heavy (non-hydrogen) atoms. The molecule has 0 unspecified atom stereocenters. The van der Waals surface area contributed by atoms with Gasteiger partial charge in [0.1, 0.15) is 5.82 Å². The van der Waals surface area contributed by atoms with Crippen LogP contribution in [-0.4, -0.2) is 20.1 Å². The topological polar surface area (TPSA) is 24.1 Å². The van der Waals surface area contributed by atoms with E-state index < -0.39 is 0 Å². The van der Waals surface area contributed by atoms with Gasteiger partial charge in [-0.3, -0.25) is 0 Å². The summed E-state index contributed by atoms with van der Waals surface area (Å²) in [5.74, 6) is -0.191. The van der Waals surface area contributed by atoms with E-state index in [9.17, 15) is 4.39 Å². The number of rotatable bonds is 5. The standard InChI is InChI=1S/C12H16BrFN2/c1-15-7-12(4-5-12)8-16-11-6-9(13)2-3-10(11)14/h2-3,6,15-16H,4-5,7-8H2,1H3. The Morgan fingerprint density at radius 3 is 2.75 bits per heavy atom. The van der Waals surface area contributed by atoms with Gasteiger partial charge in [0.15, 0.2) is 0 Å². The summed E-state index contributed by atoms with van der Waals surface area (Å²) in [4.78, 5) is 0. The lowest BCUT2D eigenvalue weighted by Gasteiger charge is -2.16. The monoisotopic (exact) mass is 286 g/mol. The van der Waals surface area contributed by atoms with Gasteiger partial charge in [0.25, 0.3) is 0 Å². The zero-order valence-corrected chi connectivity index (χ0v) is 10.9. The van der Waals surface area contributed by atoms with Gasteiger partial charge in [-0.25, -0.2) is 4.39 Å². The largest absolute Gasteiger partial charge is 0.382 e. The predicted molar refractivity (Wildman–Crippen MR) is 68.2 cm³/mol. The molecule has 1 aromatic carbocycles. The minimum Gasteiger partial charge on any atom is -0.382 e. The van der Waals surface area contributed by atoms with E-state index in [-0.39, 0.29) is 5.82 Å². The van der Waals surface area contributed by atoms with Gasteiger partial charge in [-0.05, 0) is 38.1 Å². The van der Waals surface area contributed by atoms with Crippen molar-refractivity contribution in [2.45, 2.75) is 12.8 Å². The third-order valence-corrected chi connectivity index (χ3v) is 3.58. The zero-order valence-electron chi connectivity index (χ0n) is 9.32. The Bertz CT molecular complexity index is 377. The average molecular weight is 287 g/mol. The van der Waals surface area contributed by atoms with Crippen molar-refractivity contribution in [1.29, 1.82) is 0 Å². The summed E-state index contributed by atoms with van der Waals surface area (Å²) in [6.45, 7) is 1.83. The first kappa shape index (κ1) is 11.9. The number of anilines is 1. The molecule has 0 amide bonds. The summed E-state index contributed by atoms with van der Waals surface area (Å²) in [6, 6.07) is 4.97. The van der Waals surface area contributed by atoms with Crippen LogP contribution in [0.2, 0.25) is 0 Å². The van der Waals surface area contributed by atoms with Gasteiger partial charge < -0.3 is 10.6 Å². The van der Waals surface area contributed by atoms with Crippen LogP contribution in [0.5, 0.6) is 0 Å². The van der Waals surface area contributed by atoms with E-state index in [0.717, 1.165) is 17.6 Å². The van der Waals surface area contributed by atoms with Crippen LogP contribution in [0, 0.1) is 11.2 Å². The molecule has 1 fully saturated rings. The Hall–Kier alpha value is -0.610. The maximum Gasteiger partial charge on any atom is 0.146 e. The fraction of sp³-hybridized carbons (Fsp3) is 0.500. The molecule has 1 saturated carbocycles. The third kappa shape index (κ3) is 2.74. The Labute approximate surface area is 104 Å². The molecular weight excluding hydrogens is 271 g/mol. The van der Waals surface area contributed by atoms with E-state index in [1.165, 1.54) is 18.9 Å². The second-order valence-electron chi connectivity index (χ2n) is 4.51. The molecule has 2 rings (SSSR count). The van der Waals surface area contributed by atoms with Crippen molar-refractivity contribution < 1.29 is 4.39 Å². The molecule has 1 aliphatic carbocycles. The SMILES string of the molecule is CNCC1(CNc2cc(Br)ccc2F)CC1. The van der Waals surface area contributed by atoms with Crippen LogP contribution in [0.15, 0.2) is 22.7 Å². The second-order valence-corrected chi connectivity index (χ2v) is 5.42. The van der Waals surface area contributed by atoms with Crippen molar-refractivity contribution in [3.8, 4) is 0 Å². The maximum atomic E-state index is 13.5. The highest BCUT2D eigenvalue weighted by Crippen LogP contribution is 2.45. The molecule has 0 saturated heterocycles. The fourth-order valence-electron chi connectivity index (χ4n) is 1.88. The number of nitrogens with one attached hydrogen (secondary N) is 2. The quantitative estimate of drug-likeness (QED) is 0.870. The Balaban J connectivity index is 1.97. The molecule has 2 N–H and O–H groups in total. The van der Waals surface area contributed by atoms with Gasteiger partial charge in [0.2, 0.25) is 0 Å². The molecule has 1 aromatic rings.